The molecule has 0 aromatic heterocycles. The van der Waals surface area contributed by atoms with Crippen LogP contribution < -0.4 is 14.4 Å². The maximum Gasteiger partial charge on any atom is 0.264 e. The van der Waals surface area contributed by atoms with Crippen LogP contribution in [0.4, 0.5) is 10.1 Å². The Balaban J connectivity index is 1.74. The van der Waals surface area contributed by atoms with Crippen molar-refractivity contribution in [2.45, 2.75) is 17.7 Å². The highest BCUT2D eigenvalue weighted by Crippen LogP contribution is 2.27. The maximum absolute atomic E-state index is 14.5. The van der Waals surface area contributed by atoms with Gasteiger partial charge in [-0.05, 0) is 60.9 Å². The summed E-state index contributed by atoms with van der Waals surface area (Å²) in [7, 11) is -2.75. The Hall–Kier alpha value is -3.10. The van der Waals surface area contributed by atoms with Crippen LogP contribution in [0.2, 0.25) is 5.02 Å². The van der Waals surface area contributed by atoms with Crippen molar-refractivity contribution in [1.82, 2.24) is 5.32 Å². The number of para-hydroxylation sites is 1. The van der Waals surface area contributed by atoms with Crippen LogP contribution in [0.5, 0.6) is 5.75 Å². The third-order valence-electron chi connectivity index (χ3n) is 4.96. The number of amides is 1. The minimum atomic E-state index is -4.22. The van der Waals surface area contributed by atoms with Gasteiger partial charge in [0.1, 0.15) is 18.1 Å². The Morgan fingerprint density at radius 1 is 1.03 bits per heavy atom. The first-order valence-electron chi connectivity index (χ1n) is 10.2. The number of carbonyl (C=O) groups is 1. The highest BCUT2D eigenvalue weighted by atomic mass is 35.5. The standard InChI is InChI=1S/C24H24ClFN2O4S/c1-32-19-12-14-20(15-13-19)33(30,31)28(23-11-5-4-10-22(23)26)17-24(29)27-16-6-8-18-7-2-3-9-21(18)25/h2-5,7,9-15H,6,8,16-17H2,1H3,(H,27,29). The molecule has 1 amide bonds. The molecule has 0 aliphatic carbocycles. The number of halogens is 2. The summed E-state index contributed by atoms with van der Waals surface area (Å²) in [5.41, 5.74) is 0.753. The summed E-state index contributed by atoms with van der Waals surface area (Å²) in [6, 6.07) is 18.5. The van der Waals surface area contributed by atoms with E-state index in [4.69, 9.17) is 16.3 Å². The summed E-state index contributed by atoms with van der Waals surface area (Å²) in [6.45, 7) is -0.251. The van der Waals surface area contributed by atoms with Crippen LogP contribution in [-0.2, 0) is 21.2 Å². The van der Waals surface area contributed by atoms with Gasteiger partial charge in [0.25, 0.3) is 10.0 Å². The molecule has 3 aromatic carbocycles. The molecule has 0 atom stereocenters. The van der Waals surface area contributed by atoms with Gasteiger partial charge in [0.05, 0.1) is 17.7 Å². The van der Waals surface area contributed by atoms with Crippen molar-refractivity contribution in [2.75, 3.05) is 24.5 Å². The number of methoxy groups -OCH3 is 1. The zero-order valence-corrected chi connectivity index (χ0v) is 19.6. The molecular formula is C24H24ClFN2O4S. The van der Waals surface area contributed by atoms with Gasteiger partial charge in [-0.2, -0.15) is 0 Å². The van der Waals surface area contributed by atoms with Crippen LogP contribution >= 0.6 is 11.6 Å². The molecule has 174 valence electrons. The summed E-state index contributed by atoms with van der Waals surface area (Å²) in [4.78, 5) is 12.5. The van der Waals surface area contributed by atoms with Crippen LogP contribution in [0.1, 0.15) is 12.0 Å². The Morgan fingerprint density at radius 3 is 2.36 bits per heavy atom. The number of anilines is 1. The molecule has 0 aliphatic rings. The fourth-order valence-electron chi connectivity index (χ4n) is 3.22. The fourth-order valence-corrected chi connectivity index (χ4v) is 4.88. The molecule has 6 nitrogen and oxygen atoms in total. The Labute approximate surface area is 198 Å². The number of hydrogen-bond donors (Lipinski definition) is 1. The molecule has 1 N–H and O–H groups in total. The van der Waals surface area contributed by atoms with Crippen molar-refractivity contribution in [3.8, 4) is 5.75 Å². The van der Waals surface area contributed by atoms with Crippen molar-refractivity contribution in [1.29, 1.82) is 0 Å². The predicted molar refractivity (Wildman–Crippen MR) is 127 cm³/mol. The van der Waals surface area contributed by atoms with Gasteiger partial charge in [-0.15, -0.1) is 0 Å². The highest BCUT2D eigenvalue weighted by Gasteiger charge is 2.29. The zero-order chi connectivity index (χ0) is 23.8. The average molecular weight is 491 g/mol. The Morgan fingerprint density at radius 2 is 1.70 bits per heavy atom. The minimum Gasteiger partial charge on any atom is -0.497 e. The SMILES string of the molecule is COc1ccc(S(=O)(=O)N(CC(=O)NCCCc2ccccc2Cl)c2ccccc2F)cc1. The smallest absolute Gasteiger partial charge is 0.264 e. The van der Waals surface area contributed by atoms with Crippen LogP contribution in [0.3, 0.4) is 0 Å². The second kappa shape index (κ2) is 11.2. The monoisotopic (exact) mass is 490 g/mol. The number of ether oxygens (including phenoxy) is 1. The van der Waals surface area contributed by atoms with E-state index in [-0.39, 0.29) is 10.6 Å². The van der Waals surface area contributed by atoms with E-state index in [0.29, 0.717) is 30.2 Å². The fraction of sp³-hybridized carbons (Fsp3) is 0.208. The molecule has 0 fully saturated rings. The molecule has 33 heavy (non-hydrogen) atoms. The molecule has 0 saturated carbocycles. The molecule has 3 aromatic rings. The first-order chi connectivity index (χ1) is 15.8. The number of hydrogen-bond acceptors (Lipinski definition) is 4. The highest BCUT2D eigenvalue weighted by molar-refractivity contribution is 7.92. The molecule has 0 heterocycles. The van der Waals surface area contributed by atoms with E-state index in [1.54, 1.807) is 6.07 Å². The molecule has 0 radical (unpaired) electrons. The summed E-state index contributed by atoms with van der Waals surface area (Å²) in [6.07, 6.45) is 1.27. The van der Waals surface area contributed by atoms with E-state index in [0.717, 1.165) is 15.9 Å². The zero-order valence-electron chi connectivity index (χ0n) is 18.0. The lowest BCUT2D eigenvalue weighted by Crippen LogP contribution is -2.41. The van der Waals surface area contributed by atoms with Crippen molar-refractivity contribution in [2.24, 2.45) is 0 Å². The third kappa shape index (κ3) is 6.24. The first kappa shape index (κ1) is 24.5. The lowest BCUT2D eigenvalue weighted by Gasteiger charge is -2.24. The molecule has 0 saturated heterocycles. The van der Waals surface area contributed by atoms with E-state index in [9.17, 15) is 17.6 Å². The normalized spacial score (nSPS) is 11.1. The number of nitrogens with one attached hydrogen (secondary N) is 1. The van der Waals surface area contributed by atoms with E-state index in [2.05, 4.69) is 5.32 Å². The lowest BCUT2D eigenvalue weighted by atomic mass is 10.1. The van der Waals surface area contributed by atoms with Crippen LogP contribution in [-0.4, -0.2) is 34.5 Å². The van der Waals surface area contributed by atoms with Crippen molar-refractivity contribution in [3.05, 3.63) is 89.2 Å². The van der Waals surface area contributed by atoms with E-state index in [1.807, 2.05) is 18.2 Å². The maximum atomic E-state index is 14.5. The van der Waals surface area contributed by atoms with Gasteiger partial charge in [-0.1, -0.05) is 41.9 Å². The topological polar surface area (TPSA) is 75.7 Å². The number of benzene rings is 3. The van der Waals surface area contributed by atoms with E-state index < -0.39 is 28.3 Å². The van der Waals surface area contributed by atoms with Crippen LogP contribution in [0.25, 0.3) is 0 Å². The number of aryl methyl sites for hydroxylation is 1. The van der Waals surface area contributed by atoms with Crippen molar-refractivity contribution in [3.63, 3.8) is 0 Å². The molecule has 3 rings (SSSR count). The van der Waals surface area contributed by atoms with Gasteiger partial charge in [0.15, 0.2) is 0 Å². The van der Waals surface area contributed by atoms with Gasteiger partial charge in [-0.3, -0.25) is 9.10 Å². The van der Waals surface area contributed by atoms with Gasteiger partial charge in [0, 0.05) is 11.6 Å². The molecule has 0 bridgehead atoms. The number of sulfonamides is 1. The number of nitrogens with zero attached hydrogens (tertiary/aromatic N) is 1. The number of rotatable bonds is 10. The Bertz CT molecular complexity index is 1200. The summed E-state index contributed by atoms with van der Waals surface area (Å²) < 4.78 is 46.9. The van der Waals surface area contributed by atoms with Gasteiger partial charge < -0.3 is 10.1 Å². The second-order valence-electron chi connectivity index (χ2n) is 7.18. The van der Waals surface area contributed by atoms with Gasteiger partial charge >= 0.3 is 0 Å². The van der Waals surface area contributed by atoms with Gasteiger partial charge in [-0.25, -0.2) is 12.8 Å². The Kier molecular flexibility index (Phi) is 8.30. The van der Waals surface area contributed by atoms with E-state index >= 15 is 0 Å². The summed E-state index contributed by atoms with van der Waals surface area (Å²) in [5.74, 6) is -0.821. The van der Waals surface area contributed by atoms with Gasteiger partial charge in [0.2, 0.25) is 5.91 Å². The van der Waals surface area contributed by atoms with Crippen molar-refractivity contribution >= 4 is 33.2 Å². The third-order valence-corrected chi connectivity index (χ3v) is 7.10. The quantitative estimate of drug-likeness (QED) is 0.426. The van der Waals surface area contributed by atoms with Crippen LogP contribution in [0.15, 0.2) is 77.7 Å². The molecule has 0 unspecified atom stereocenters. The average Bonchev–Trinajstić information content (AvgIpc) is 2.82. The summed E-state index contributed by atoms with van der Waals surface area (Å²) in [5, 5.41) is 3.36. The largest absolute Gasteiger partial charge is 0.497 e. The molecule has 9 heteroatoms. The summed E-state index contributed by atoms with van der Waals surface area (Å²) >= 11 is 6.14. The number of carbonyl (C=O) groups excluding carboxylic acids is 1. The first-order valence-corrected chi connectivity index (χ1v) is 12.1. The molecular weight excluding hydrogens is 467 g/mol. The lowest BCUT2D eigenvalue weighted by molar-refractivity contribution is -0.119. The minimum absolute atomic E-state index is 0.0851. The molecule has 0 spiro atoms. The second-order valence-corrected chi connectivity index (χ2v) is 9.45. The molecule has 0 aliphatic heterocycles. The van der Waals surface area contributed by atoms with Crippen molar-refractivity contribution < 1.29 is 22.3 Å². The van der Waals surface area contributed by atoms with Crippen LogP contribution in [0, 0.1) is 5.82 Å². The van der Waals surface area contributed by atoms with E-state index in [1.165, 1.54) is 49.6 Å². The predicted octanol–water partition coefficient (Wildman–Crippen LogP) is 4.43.